The molecule has 0 radical (unpaired) electrons. The van der Waals surface area contributed by atoms with Crippen LogP contribution >= 0.6 is 0 Å². The molecule has 35 heavy (non-hydrogen) atoms. The fourth-order valence-corrected chi connectivity index (χ4v) is 6.07. The van der Waals surface area contributed by atoms with Gasteiger partial charge in [-0.05, 0) is 35.4 Å². The Morgan fingerprint density at radius 1 is 1.26 bits per heavy atom. The number of para-hydroxylation sites is 1. The largest absolute Gasteiger partial charge is 0.611 e. The molecule has 2 aromatic rings. The number of likely N-dealkylation sites (tertiary alicyclic amines) is 1. The van der Waals surface area contributed by atoms with Gasteiger partial charge in [-0.3, -0.25) is 5.32 Å². The number of piperidine rings is 1. The topological polar surface area (TPSA) is 115 Å². The van der Waals surface area contributed by atoms with Crippen LogP contribution in [0.2, 0.25) is 0 Å². The number of carbonyl (C=O) groups excluding carboxylic acids is 1. The number of hydrogen-bond donors (Lipinski definition) is 3. The van der Waals surface area contributed by atoms with Gasteiger partial charge in [-0.15, -0.1) is 0 Å². The van der Waals surface area contributed by atoms with E-state index in [9.17, 15) is 13.7 Å². The van der Waals surface area contributed by atoms with Crippen molar-refractivity contribution < 1.29 is 18.5 Å². The molecule has 1 atom stereocenters. The zero-order valence-corrected chi connectivity index (χ0v) is 19.9. The van der Waals surface area contributed by atoms with E-state index in [4.69, 9.17) is 10.5 Å². The molecule has 182 valence electrons. The van der Waals surface area contributed by atoms with E-state index in [2.05, 4.69) is 22.2 Å². The third kappa shape index (κ3) is 4.59. The quantitative estimate of drug-likeness (QED) is 0.553. The Kier molecular flexibility index (Phi) is 6.16. The molecule has 0 bridgehead atoms. The van der Waals surface area contributed by atoms with Crippen molar-refractivity contribution >= 4 is 34.4 Å². The average Bonchev–Trinajstić information content (AvgIpc) is 3.19. The lowest BCUT2D eigenvalue weighted by Crippen LogP contribution is -2.47. The molecule has 3 aliphatic heterocycles. The van der Waals surface area contributed by atoms with E-state index in [-0.39, 0.29) is 5.82 Å². The van der Waals surface area contributed by atoms with Crippen LogP contribution in [-0.2, 0) is 21.5 Å². The van der Waals surface area contributed by atoms with E-state index in [1.165, 1.54) is 12.1 Å². The highest BCUT2D eigenvalue weighted by molar-refractivity contribution is 7.96. The van der Waals surface area contributed by atoms with Crippen LogP contribution in [0.15, 0.2) is 76.6 Å². The van der Waals surface area contributed by atoms with Crippen molar-refractivity contribution in [3.05, 3.63) is 83.0 Å². The van der Waals surface area contributed by atoms with Gasteiger partial charge < -0.3 is 25.2 Å². The van der Waals surface area contributed by atoms with E-state index in [1.807, 2.05) is 29.2 Å². The number of benzene rings is 2. The van der Waals surface area contributed by atoms with Crippen molar-refractivity contribution in [2.45, 2.75) is 24.9 Å². The van der Waals surface area contributed by atoms with Gasteiger partial charge in [-0.25, -0.2) is 14.2 Å². The van der Waals surface area contributed by atoms with Crippen LogP contribution in [0.4, 0.5) is 20.6 Å². The summed E-state index contributed by atoms with van der Waals surface area (Å²) in [6.07, 6.45) is 1.25. The zero-order chi connectivity index (χ0) is 24.6. The summed E-state index contributed by atoms with van der Waals surface area (Å²) in [5, 5.41) is 5.70. The zero-order valence-electron chi connectivity index (χ0n) is 19.1. The Balaban J connectivity index is 1.32. The number of ether oxygens (including phenoxy) is 1. The van der Waals surface area contributed by atoms with Gasteiger partial charge in [0, 0.05) is 43.6 Å². The maximum absolute atomic E-state index is 13.5. The first-order valence-electron chi connectivity index (χ1n) is 11.4. The van der Waals surface area contributed by atoms with Crippen molar-refractivity contribution in [2.75, 3.05) is 29.5 Å². The van der Waals surface area contributed by atoms with Gasteiger partial charge in [0.2, 0.25) is 4.91 Å². The maximum Gasteiger partial charge on any atom is 0.412 e. The molecule has 0 aliphatic carbocycles. The van der Waals surface area contributed by atoms with Gasteiger partial charge in [0.05, 0.1) is 5.69 Å². The lowest BCUT2D eigenvalue weighted by molar-refractivity contribution is -0.0320. The number of allylic oxidation sites excluding steroid dienone is 1. The van der Waals surface area contributed by atoms with Gasteiger partial charge in [-0.2, -0.15) is 0 Å². The highest BCUT2D eigenvalue weighted by Gasteiger charge is 2.44. The number of nitrogens with two attached hydrogens (primary N) is 1. The number of amides is 1. The number of carbonyl (C=O) groups is 1. The molecule has 0 aromatic heterocycles. The summed E-state index contributed by atoms with van der Waals surface area (Å²) in [7, 11) is 0. The monoisotopic (exact) mass is 495 g/mol. The molecule has 8 nitrogen and oxygen atoms in total. The Hall–Kier alpha value is -3.50. The minimum atomic E-state index is -1.32. The summed E-state index contributed by atoms with van der Waals surface area (Å²) in [5.74, 6) is 0.746. The number of nitrogens with one attached hydrogen (secondary N) is 2. The van der Waals surface area contributed by atoms with Gasteiger partial charge >= 0.3 is 6.09 Å². The Bertz CT molecular complexity index is 1240. The first-order chi connectivity index (χ1) is 16.8. The Morgan fingerprint density at radius 3 is 2.80 bits per heavy atom. The molecule has 5 rings (SSSR count). The third-order valence-electron chi connectivity index (χ3n) is 6.51. The van der Waals surface area contributed by atoms with Gasteiger partial charge in [0.15, 0.2) is 5.82 Å². The molecule has 4 N–H and O–H groups in total. The Morgan fingerprint density at radius 2 is 2.03 bits per heavy atom. The molecule has 3 heterocycles. The van der Waals surface area contributed by atoms with Crippen molar-refractivity contribution in [1.82, 2.24) is 4.90 Å². The highest BCUT2D eigenvalue weighted by Crippen LogP contribution is 2.43. The van der Waals surface area contributed by atoms with Crippen LogP contribution < -0.4 is 16.4 Å². The number of anilines is 2. The van der Waals surface area contributed by atoms with Crippen LogP contribution in [0.25, 0.3) is 0 Å². The van der Waals surface area contributed by atoms with Crippen LogP contribution in [-0.4, -0.2) is 40.1 Å². The fourth-order valence-electron chi connectivity index (χ4n) is 4.78. The summed E-state index contributed by atoms with van der Waals surface area (Å²) < 4.78 is 32.0. The normalized spacial score (nSPS) is 23.5. The van der Waals surface area contributed by atoms with E-state index in [1.54, 1.807) is 12.1 Å². The van der Waals surface area contributed by atoms with Crippen LogP contribution in [0.1, 0.15) is 24.8 Å². The highest BCUT2D eigenvalue weighted by atomic mass is 32.2. The van der Waals surface area contributed by atoms with Crippen LogP contribution in [0.5, 0.6) is 0 Å². The molecule has 0 saturated carbocycles. The van der Waals surface area contributed by atoms with Gasteiger partial charge in [0.1, 0.15) is 28.7 Å². The van der Waals surface area contributed by atoms with E-state index >= 15 is 0 Å². The minimum absolute atomic E-state index is 0.189. The Labute approximate surface area is 205 Å². The predicted octanol–water partition coefficient (Wildman–Crippen LogP) is 3.98. The molecule has 1 unspecified atom stereocenters. The molecule has 1 amide bonds. The molecule has 2 fully saturated rings. The maximum atomic E-state index is 13.5. The number of hydrogen-bond acceptors (Lipinski definition) is 7. The number of rotatable bonds is 4. The second-order valence-corrected chi connectivity index (χ2v) is 10.2. The molecule has 2 saturated heterocycles. The number of nitrogens with zero attached hydrogens (tertiary/aromatic N) is 2. The van der Waals surface area contributed by atoms with Crippen molar-refractivity contribution in [3.63, 3.8) is 0 Å². The molecule has 2 aromatic carbocycles. The van der Waals surface area contributed by atoms with Crippen LogP contribution in [0.3, 0.4) is 0 Å². The molecule has 1 spiro atoms. The summed E-state index contributed by atoms with van der Waals surface area (Å²) in [6, 6.07) is 13.6. The fraction of sp³-hybridized carbons (Fsp3) is 0.280. The third-order valence-corrected chi connectivity index (χ3v) is 7.99. The molecular formula is C25H26FN5O3S. The first kappa shape index (κ1) is 23.3. The minimum Gasteiger partial charge on any atom is -0.611 e. The van der Waals surface area contributed by atoms with Gasteiger partial charge in [0.25, 0.3) is 0 Å². The van der Waals surface area contributed by atoms with Gasteiger partial charge in [-0.1, -0.05) is 30.8 Å². The van der Waals surface area contributed by atoms with Crippen molar-refractivity contribution in [1.29, 1.82) is 0 Å². The summed E-state index contributed by atoms with van der Waals surface area (Å²) >= 11 is -1.32. The molecular weight excluding hydrogens is 469 g/mol. The summed E-state index contributed by atoms with van der Waals surface area (Å²) in [5.41, 5.74) is 8.37. The lowest BCUT2D eigenvalue weighted by atomic mass is 9.82. The van der Waals surface area contributed by atoms with E-state index < -0.39 is 28.7 Å². The van der Waals surface area contributed by atoms with E-state index in [0.29, 0.717) is 60.2 Å². The number of halogens is 1. The summed E-state index contributed by atoms with van der Waals surface area (Å²) in [4.78, 5) is 19.3. The molecule has 3 aliphatic rings. The predicted molar refractivity (Wildman–Crippen MR) is 134 cm³/mol. The summed E-state index contributed by atoms with van der Waals surface area (Å²) in [6.45, 7) is 5.32. The average molecular weight is 496 g/mol. The SMILES string of the molecule is C=C(/N=C1/CC[S+]([O-])/C1=C(/N)Nc1cccc(F)c1)N1CCC2(CC1)OC(=O)Nc1ccccc12. The second kappa shape index (κ2) is 9.27. The first-order valence-corrected chi connectivity index (χ1v) is 12.7. The second-order valence-electron chi connectivity index (χ2n) is 8.69. The van der Waals surface area contributed by atoms with Crippen molar-refractivity contribution in [2.24, 2.45) is 10.7 Å². The number of aliphatic imine (C=N–C) groups is 1. The van der Waals surface area contributed by atoms with E-state index in [0.717, 1.165) is 11.3 Å². The standard InChI is InChI=1S/C25H26FN5O3S/c1-16(28-21-9-14-35(33)22(21)23(27)29-18-6-4-5-17(26)15-18)31-12-10-25(11-13-31)19-7-2-3-8-20(19)30-24(32)34-25/h2-8,15,29H,1,9-14,27H2,(H,30,32)/b23-22-,28-21-. The van der Waals surface area contributed by atoms with Crippen molar-refractivity contribution in [3.8, 4) is 0 Å². The lowest BCUT2D eigenvalue weighted by Gasteiger charge is -2.44. The van der Waals surface area contributed by atoms with Crippen LogP contribution in [0, 0.1) is 5.82 Å². The number of fused-ring (bicyclic) bond motifs is 2. The molecule has 10 heteroatoms. The smallest absolute Gasteiger partial charge is 0.412 e.